The fourth-order valence-corrected chi connectivity index (χ4v) is 3.09. The van der Waals surface area contributed by atoms with Crippen LogP contribution in [0.15, 0.2) is 18.3 Å². The highest BCUT2D eigenvalue weighted by Crippen LogP contribution is 2.24. The zero-order valence-electron chi connectivity index (χ0n) is 14.1. The highest BCUT2D eigenvalue weighted by Gasteiger charge is 2.30. The molecule has 128 valence electrons. The summed E-state index contributed by atoms with van der Waals surface area (Å²) < 4.78 is 0. The van der Waals surface area contributed by atoms with Gasteiger partial charge in [0.2, 0.25) is 5.91 Å². The van der Waals surface area contributed by atoms with Crippen molar-refractivity contribution in [2.45, 2.75) is 39.2 Å². The Kier molecular flexibility index (Phi) is 5.87. The second-order valence-electron chi connectivity index (χ2n) is 6.76. The quantitative estimate of drug-likeness (QED) is 0.895. The van der Waals surface area contributed by atoms with Crippen LogP contribution in [0.1, 0.15) is 33.6 Å². The summed E-state index contributed by atoms with van der Waals surface area (Å²) in [4.78, 5) is 20.9. The zero-order chi connectivity index (χ0) is 17.0. The number of amides is 1. The van der Waals surface area contributed by atoms with Crippen LogP contribution in [0.4, 0.5) is 5.82 Å². The van der Waals surface area contributed by atoms with Crippen LogP contribution in [0.2, 0.25) is 5.02 Å². The molecule has 1 aromatic rings. The first-order valence-corrected chi connectivity index (χ1v) is 8.55. The van der Waals surface area contributed by atoms with E-state index in [1.54, 1.807) is 24.9 Å². The van der Waals surface area contributed by atoms with Crippen molar-refractivity contribution in [3.05, 3.63) is 23.4 Å². The molecule has 0 aromatic carbocycles. The van der Waals surface area contributed by atoms with E-state index in [0.29, 0.717) is 18.1 Å². The predicted octanol–water partition coefficient (Wildman–Crippen LogP) is 2.57. The van der Waals surface area contributed by atoms with Crippen molar-refractivity contribution in [2.75, 3.05) is 31.1 Å². The monoisotopic (exact) mass is 339 g/mol. The van der Waals surface area contributed by atoms with Crippen LogP contribution in [-0.4, -0.2) is 52.7 Å². The lowest BCUT2D eigenvalue weighted by atomic mass is 9.94. The van der Waals surface area contributed by atoms with Gasteiger partial charge in [-0.15, -0.1) is 0 Å². The summed E-state index contributed by atoms with van der Waals surface area (Å²) in [6, 6.07) is 3.75. The summed E-state index contributed by atoms with van der Waals surface area (Å²) in [5, 5.41) is 10.6. The van der Waals surface area contributed by atoms with Gasteiger partial charge in [0.1, 0.15) is 5.82 Å². The fourth-order valence-electron chi connectivity index (χ4n) is 2.98. The topological polar surface area (TPSA) is 56.7 Å². The third-order valence-corrected chi connectivity index (χ3v) is 4.37. The normalized spacial score (nSPS) is 16.5. The first kappa shape index (κ1) is 18.0. The van der Waals surface area contributed by atoms with Crippen molar-refractivity contribution in [3.8, 4) is 0 Å². The third kappa shape index (κ3) is 5.08. The Morgan fingerprint density at radius 1 is 1.43 bits per heavy atom. The highest BCUT2D eigenvalue weighted by molar-refractivity contribution is 6.30. The largest absolute Gasteiger partial charge is 0.389 e. The van der Waals surface area contributed by atoms with E-state index < -0.39 is 5.60 Å². The average Bonchev–Trinajstić information content (AvgIpc) is 2.52. The number of anilines is 1. The van der Waals surface area contributed by atoms with E-state index in [1.807, 2.05) is 19.1 Å². The van der Waals surface area contributed by atoms with Crippen LogP contribution in [0, 0.1) is 5.92 Å². The van der Waals surface area contributed by atoms with Crippen LogP contribution in [0.5, 0.6) is 0 Å². The Balaban J connectivity index is 1.92. The molecule has 0 aliphatic carbocycles. The first-order valence-electron chi connectivity index (χ1n) is 8.18. The molecule has 0 saturated carbocycles. The summed E-state index contributed by atoms with van der Waals surface area (Å²) in [5.74, 6) is 1.09. The number of nitrogens with zero attached hydrogens (tertiary/aromatic N) is 3. The van der Waals surface area contributed by atoms with E-state index in [1.165, 1.54) is 0 Å². The fraction of sp³-hybridized carbons (Fsp3) is 0.647. The molecule has 2 rings (SSSR count). The highest BCUT2D eigenvalue weighted by atomic mass is 35.5. The minimum absolute atomic E-state index is 0.0286. The Morgan fingerprint density at radius 3 is 2.57 bits per heavy atom. The van der Waals surface area contributed by atoms with E-state index in [9.17, 15) is 9.90 Å². The number of hydrogen-bond donors (Lipinski definition) is 1. The van der Waals surface area contributed by atoms with Crippen molar-refractivity contribution in [2.24, 2.45) is 5.92 Å². The Hall–Kier alpha value is -1.33. The van der Waals surface area contributed by atoms with Crippen LogP contribution in [0.25, 0.3) is 0 Å². The van der Waals surface area contributed by atoms with Gasteiger partial charge in [-0.1, -0.05) is 11.6 Å². The van der Waals surface area contributed by atoms with E-state index >= 15 is 0 Å². The van der Waals surface area contributed by atoms with Gasteiger partial charge in [0, 0.05) is 38.3 Å². The molecule has 1 aliphatic rings. The van der Waals surface area contributed by atoms with Gasteiger partial charge >= 0.3 is 0 Å². The molecular formula is C17H26ClN3O2. The van der Waals surface area contributed by atoms with Crippen molar-refractivity contribution in [1.82, 2.24) is 9.88 Å². The minimum atomic E-state index is -0.862. The Bertz CT molecular complexity index is 520. The maximum Gasteiger partial charge on any atom is 0.225 e. The molecule has 23 heavy (non-hydrogen) atoms. The molecular weight excluding hydrogens is 314 g/mol. The number of aliphatic hydroxyl groups is 1. The molecule has 5 nitrogen and oxygen atoms in total. The maximum absolute atomic E-state index is 12.7. The summed E-state index contributed by atoms with van der Waals surface area (Å²) in [6.07, 6.45) is 3.27. The van der Waals surface area contributed by atoms with Crippen LogP contribution in [-0.2, 0) is 4.79 Å². The van der Waals surface area contributed by atoms with E-state index in [2.05, 4.69) is 9.88 Å². The smallest absolute Gasteiger partial charge is 0.225 e. The second kappa shape index (κ2) is 7.49. The number of carbonyl (C=O) groups is 1. The molecule has 1 aromatic heterocycles. The molecule has 1 amide bonds. The van der Waals surface area contributed by atoms with Crippen molar-refractivity contribution in [3.63, 3.8) is 0 Å². The molecule has 0 bridgehead atoms. The summed E-state index contributed by atoms with van der Waals surface area (Å²) >= 11 is 5.87. The lowest BCUT2D eigenvalue weighted by Gasteiger charge is -2.36. The predicted molar refractivity (Wildman–Crippen MR) is 92.7 cm³/mol. The van der Waals surface area contributed by atoms with Gasteiger partial charge < -0.3 is 14.9 Å². The van der Waals surface area contributed by atoms with Crippen molar-refractivity contribution in [1.29, 1.82) is 0 Å². The number of hydrogen-bond acceptors (Lipinski definition) is 4. The molecule has 1 saturated heterocycles. The van der Waals surface area contributed by atoms with Crippen molar-refractivity contribution < 1.29 is 9.90 Å². The van der Waals surface area contributed by atoms with Gasteiger partial charge in [-0.25, -0.2) is 4.98 Å². The zero-order valence-corrected chi connectivity index (χ0v) is 14.9. The lowest BCUT2D eigenvalue weighted by Crippen LogP contribution is -2.47. The summed E-state index contributed by atoms with van der Waals surface area (Å²) in [6.45, 7) is 8.05. The number of rotatable bonds is 5. The van der Waals surface area contributed by atoms with Gasteiger partial charge in [0.15, 0.2) is 0 Å². The average molecular weight is 340 g/mol. The lowest BCUT2D eigenvalue weighted by molar-refractivity contribution is -0.138. The van der Waals surface area contributed by atoms with Crippen molar-refractivity contribution >= 4 is 23.3 Å². The molecule has 6 heteroatoms. The Morgan fingerprint density at radius 2 is 2.09 bits per heavy atom. The SMILES string of the molecule is CCN(CC(C)(C)O)C(=O)C1CCN(c2ccc(Cl)cn2)CC1. The standard InChI is InChI=1S/C17H26ClN3O2/c1-4-20(12-17(2,3)23)16(22)13-7-9-21(10-8-13)15-6-5-14(18)11-19-15/h5-6,11,13,23H,4,7-10,12H2,1-3H3. The summed E-state index contributed by atoms with van der Waals surface area (Å²) in [5.41, 5.74) is -0.862. The number of pyridine rings is 1. The second-order valence-corrected chi connectivity index (χ2v) is 7.20. The minimum Gasteiger partial charge on any atom is -0.389 e. The number of piperidine rings is 1. The van der Waals surface area contributed by atoms with E-state index in [0.717, 1.165) is 31.7 Å². The molecule has 1 aliphatic heterocycles. The molecule has 0 unspecified atom stereocenters. The third-order valence-electron chi connectivity index (χ3n) is 4.15. The van der Waals surface area contributed by atoms with Gasteiger partial charge in [0.25, 0.3) is 0 Å². The number of carbonyl (C=O) groups excluding carboxylic acids is 1. The number of likely N-dealkylation sites (N-methyl/N-ethyl adjacent to an activating group) is 1. The van der Waals surface area contributed by atoms with Crippen LogP contribution in [0.3, 0.4) is 0 Å². The van der Waals surface area contributed by atoms with Gasteiger partial charge in [-0.2, -0.15) is 0 Å². The van der Waals surface area contributed by atoms with Gasteiger partial charge in [-0.3, -0.25) is 4.79 Å². The van der Waals surface area contributed by atoms with E-state index in [-0.39, 0.29) is 11.8 Å². The molecule has 0 atom stereocenters. The van der Waals surface area contributed by atoms with Crippen LogP contribution < -0.4 is 4.90 Å². The molecule has 2 heterocycles. The summed E-state index contributed by atoms with van der Waals surface area (Å²) in [7, 11) is 0. The van der Waals surface area contributed by atoms with E-state index in [4.69, 9.17) is 11.6 Å². The molecule has 1 N–H and O–H groups in total. The maximum atomic E-state index is 12.7. The van der Waals surface area contributed by atoms with Gasteiger partial charge in [-0.05, 0) is 45.7 Å². The number of halogens is 1. The molecule has 1 fully saturated rings. The number of aromatic nitrogens is 1. The molecule has 0 spiro atoms. The van der Waals surface area contributed by atoms with Gasteiger partial charge in [0.05, 0.1) is 10.6 Å². The first-order chi connectivity index (χ1) is 10.8. The Labute approximate surface area is 143 Å². The molecule has 0 radical (unpaired) electrons. The van der Waals surface area contributed by atoms with Crippen LogP contribution >= 0.6 is 11.6 Å².